The molecule has 2 N–H and O–H groups in total. The molecule has 1 saturated heterocycles. The molecule has 27 heavy (non-hydrogen) atoms. The van der Waals surface area contributed by atoms with Crippen LogP contribution in [0.1, 0.15) is 42.3 Å². The number of thiophene rings is 1. The fraction of sp³-hybridized carbons (Fsp3) is 0.500. The number of carbonyl (C=O) groups is 2. The monoisotopic (exact) mass is 388 g/mol. The molecule has 1 aliphatic rings. The van der Waals surface area contributed by atoms with Crippen LogP contribution in [0.3, 0.4) is 0 Å². The number of nitrogens with one attached hydrogen (secondary N) is 2. The highest BCUT2D eigenvalue weighted by Crippen LogP contribution is 2.24. The Morgan fingerprint density at radius 3 is 2.44 bits per heavy atom. The summed E-state index contributed by atoms with van der Waals surface area (Å²) in [5.41, 5.74) is 1.16. The third kappa shape index (κ3) is 5.43. The SMILES string of the molecule is Cn1cccc1C(CNC(=O)C(=O)NCc1cccs1)N1CCCCCC1. The molecule has 3 rings (SSSR count). The number of hydrogen-bond donors (Lipinski definition) is 2. The highest BCUT2D eigenvalue weighted by molar-refractivity contribution is 7.09. The first kappa shape index (κ1) is 19.6. The van der Waals surface area contributed by atoms with Gasteiger partial charge in [0.1, 0.15) is 0 Å². The fourth-order valence-corrected chi connectivity index (χ4v) is 4.22. The highest BCUT2D eigenvalue weighted by atomic mass is 32.1. The number of rotatable bonds is 6. The molecule has 1 fully saturated rings. The number of hydrogen-bond acceptors (Lipinski definition) is 4. The van der Waals surface area contributed by atoms with Gasteiger partial charge >= 0.3 is 11.8 Å². The van der Waals surface area contributed by atoms with E-state index in [0.717, 1.165) is 23.7 Å². The van der Waals surface area contributed by atoms with Gasteiger partial charge in [-0.05, 0) is 49.5 Å². The number of carbonyl (C=O) groups excluding carboxylic acids is 2. The van der Waals surface area contributed by atoms with E-state index < -0.39 is 11.8 Å². The molecule has 1 atom stereocenters. The predicted octanol–water partition coefficient (Wildman–Crippen LogP) is 2.44. The van der Waals surface area contributed by atoms with Crippen molar-refractivity contribution in [3.63, 3.8) is 0 Å². The Labute approximate surface area is 164 Å². The average Bonchev–Trinajstić information content (AvgIpc) is 3.26. The van der Waals surface area contributed by atoms with E-state index in [-0.39, 0.29) is 6.04 Å². The predicted molar refractivity (Wildman–Crippen MR) is 107 cm³/mol. The summed E-state index contributed by atoms with van der Waals surface area (Å²) < 4.78 is 2.10. The molecule has 7 heteroatoms. The molecule has 2 amide bonds. The first-order valence-electron chi connectivity index (χ1n) is 9.59. The zero-order valence-corrected chi connectivity index (χ0v) is 16.6. The molecule has 146 valence electrons. The molecular formula is C20H28N4O2S. The van der Waals surface area contributed by atoms with Gasteiger partial charge in [0, 0.05) is 30.4 Å². The number of aryl methyl sites for hydroxylation is 1. The third-order valence-electron chi connectivity index (χ3n) is 5.07. The number of amides is 2. The Hall–Kier alpha value is -2.12. The number of nitrogens with zero attached hydrogens (tertiary/aromatic N) is 2. The maximum Gasteiger partial charge on any atom is 0.309 e. The van der Waals surface area contributed by atoms with Gasteiger partial charge in [-0.15, -0.1) is 11.3 Å². The summed E-state index contributed by atoms with van der Waals surface area (Å²) in [6.45, 7) is 2.87. The van der Waals surface area contributed by atoms with E-state index in [1.807, 2.05) is 36.8 Å². The minimum atomic E-state index is -0.579. The summed E-state index contributed by atoms with van der Waals surface area (Å²) in [6.07, 6.45) is 6.89. The van der Waals surface area contributed by atoms with Crippen LogP contribution < -0.4 is 10.6 Å². The number of likely N-dealkylation sites (tertiary alicyclic amines) is 1. The van der Waals surface area contributed by atoms with E-state index in [1.165, 1.54) is 25.7 Å². The molecular weight excluding hydrogens is 360 g/mol. The second kappa shape index (κ2) is 9.71. The maximum atomic E-state index is 12.3. The summed E-state index contributed by atoms with van der Waals surface area (Å²) in [4.78, 5) is 27.8. The summed E-state index contributed by atoms with van der Waals surface area (Å²) in [7, 11) is 2.02. The van der Waals surface area contributed by atoms with Gasteiger partial charge < -0.3 is 15.2 Å². The van der Waals surface area contributed by atoms with Gasteiger partial charge in [-0.3, -0.25) is 14.5 Å². The Kier molecular flexibility index (Phi) is 7.06. The Morgan fingerprint density at radius 2 is 1.81 bits per heavy atom. The van der Waals surface area contributed by atoms with Crippen LogP contribution in [0.2, 0.25) is 0 Å². The van der Waals surface area contributed by atoms with Gasteiger partial charge in [0.2, 0.25) is 0 Å². The summed E-state index contributed by atoms with van der Waals surface area (Å²) in [6, 6.07) is 8.07. The van der Waals surface area contributed by atoms with Crippen molar-refractivity contribution in [2.45, 2.75) is 38.3 Å². The molecule has 1 aliphatic heterocycles. The van der Waals surface area contributed by atoms with Crippen molar-refractivity contribution in [3.8, 4) is 0 Å². The first-order chi connectivity index (χ1) is 13.1. The van der Waals surface area contributed by atoms with Crippen molar-refractivity contribution in [2.75, 3.05) is 19.6 Å². The van der Waals surface area contributed by atoms with Crippen LogP contribution in [0.4, 0.5) is 0 Å². The second-order valence-electron chi connectivity index (χ2n) is 6.98. The van der Waals surface area contributed by atoms with Gasteiger partial charge in [-0.2, -0.15) is 0 Å². The van der Waals surface area contributed by atoms with Crippen molar-refractivity contribution in [3.05, 3.63) is 46.4 Å². The molecule has 0 aliphatic carbocycles. The lowest BCUT2D eigenvalue weighted by molar-refractivity contribution is -0.139. The van der Waals surface area contributed by atoms with Crippen molar-refractivity contribution < 1.29 is 9.59 Å². The van der Waals surface area contributed by atoms with Crippen molar-refractivity contribution in [1.82, 2.24) is 20.1 Å². The van der Waals surface area contributed by atoms with Crippen LogP contribution in [0.15, 0.2) is 35.8 Å². The topological polar surface area (TPSA) is 66.4 Å². The standard InChI is InChI=1S/C20H28N4O2S/c1-23-10-6-9-17(23)18(24-11-4-2-3-5-12-24)15-22-20(26)19(25)21-14-16-8-7-13-27-16/h6-10,13,18H,2-5,11-12,14-15H2,1H3,(H,21,25)(H,22,26). The van der Waals surface area contributed by atoms with E-state index >= 15 is 0 Å². The van der Waals surface area contributed by atoms with E-state index in [2.05, 4.69) is 26.2 Å². The molecule has 6 nitrogen and oxygen atoms in total. The van der Waals surface area contributed by atoms with Gasteiger partial charge in [0.15, 0.2) is 0 Å². The molecule has 0 saturated carbocycles. The number of aromatic nitrogens is 1. The quantitative estimate of drug-likeness (QED) is 0.747. The van der Waals surface area contributed by atoms with Crippen LogP contribution in [0.25, 0.3) is 0 Å². The van der Waals surface area contributed by atoms with Crippen molar-refractivity contribution >= 4 is 23.2 Å². The minimum Gasteiger partial charge on any atom is -0.353 e. The highest BCUT2D eigenvalue weighted by Gasteiger charge is 2.25. The minimum absolute atomic E-state index is 0.0807. The normalized spacial score (nSPS) is 16.5. The molecule has 0 spiro atoms. The zero-order chi connectivity index (χ0) is 19.1. The van der Waals surface area contributed by atoms with Crippen LogP contribution >= 0.6 is 11.3 Å². The first-order valence-corrected chi connectivity index (χ1v) is 10.5. The van der Waals surface area contributed by atoms with Gasteiger partial charge in [0.25, 0.3) is 0 Å². The van der Waals surface area contributed by atoms with Gasteiger partial charge in [-0.1, -0.05) is 18.9 Å². The van der Waals surface area contributed by atoms with Crippen LogP contribution in [-0.4, -0.2) is 40.9 Å². The van der Waals surface area contributed by atoms with Crippen molar-refractivity contribution in [1.29, 1.82) is 0 Å². The zero-order valence-electron chi connectivity index (χ0n) is 15.8. The van der Waals surface area contributed by atoms with E-state index in [4.69, 9.17) is 0 Å². The fourth-order valence-electron chi connectivity index (χ4n) is 3.58. The van der Waals surface area contributed by atoms with Crippen LogP contribution in [0, 0.1) is 0 Å². The molecule has 0 aromatic carbocycles. The van der Waals surface area contributed by atoms with Gasteiger partial charge in [-0.25, -0.2) is 0 Å². The van der Waals surface area contributed by atoms with Crippen LogP contribution in [0.5, 0.6) is 0 Å². The molecule has 0 radical (unpaired) electrons. The summed E-state index contributed by atoms with van der Waals surface area (Å²) in [5, 5.41) is 7.48. The molecule has 2 aromatic rings. The maximum absolute atomic E-state index is 12.3. The summed E-state index contributed by atoms with van der Waals surface area (Å²) >= 11 is 1.56. The Balaban J connectivity index is 1.59. The Morgan fingerprint density at radius 1 is 1.07 bits per heavy atom. The summed E-state index contributed by atoms with van der Waals surface area (Å²) in [5.74, 6) is -1.15. The smallest absolute Gasteiger partial charge is 0.309 e. The molecule has 1 unspecified atom stereocenters. The lowest BCUT2D eigenvalue weighted by Crippen LogP contribution is -2.44. The molecule has 0 bridgehead atoms. The third-order valence-corrected chi connectivity index (χ3v) is 5.95. The second-order valence-corrected chi connectivity index (χ2v) is 8.01. The van der Waals surface area contributed by atoms with Crippen molar-refractivity contribution in [2.24, 2.45) is 7.05 Å². The molecule has 3 heterocycles. The van der Waals surface area contributed by atoms with E-state index in [1.54, 1.807) is 11.3 Å². The average molecular weight is 389 g/mol. The largest absolute Gasteiger partial charge is 0.353 e. The van der Waals surface area contributed by atoms with E-state index in [0.29, 0.717) is 13.1 Å². The Bertz CT molecular complexity index is 733. The molecule has 2 aromatic heterocycles. The lowest BCUT2D eigenvalue weighted by Gasteiger charge is -2.31. The van der Waals surface area contributed by atoms with Crippen LogP contribution in [-0.2, 0) is 23.2 Å². The van der Waals surface area contributed by atoms with E-state index in [9.17, 15) is 9.59 Å². The lowest BCUT2D eigenvalue weighted by atomic mass is 10.1. The van der Waals surface area contributed by atoms with Gasteiger partial charge in [0.05, 0.1) is 12.6 Å².